The molecular weight excluding hydrogens is 367 g/mol. The molecule has 0 aromatic carbocycles. The van der Waals surface area contributed by atoms with Gasteiger partial charge in [-0.25, -0.2) is 0 Å². The Morgan fingerprint density at radius 3 is 2.70 bits per heavy atom. The molecule has 6 heteroatoms. The fourth-order valence-corrected chi connectivity index (χ4v) is 2.29. The molecule has 5 nitrogen and oxygen atoms in total. The summed E-state index contributed by atoms with van der Waals surface area (Å²) in [4.78, 5) is 6.76. The maximum absolute atomic E-state index is 5.48. The average Bonchev–Trinajstić information content (AvgIpc) is 2.43. The van der Waals surface area contributed by atoms with Gasteiger partial charge in [-0.15, -0.1) is 24.0 Å². The number of rotatable bonds is 5. The maximum atomic E-state index is 5.48. The molecule has 0 radical (unpaired) electrons. The Bertz CT molecular complexity index is 288. The highest BCUT2D eigenvalue weighted by atomic mass is 127. The third-order valence-corrected chi connectivity index (χ3v) is 3.77. The lowest BCUT2D eigenvalue weighted by atomic mass is 10.2. The van der Waals surface area contributed by atoms with E-state index in [0.717, 1.165) is 38.7 Å². The zero-order valence-electron chi connectivity index (χ0n) is 13.5. The molecule has 3 atom stereocenters. The van der Waals surface area contributed by atoms with Crippen LogP contribution in [0.2, 0.25) is 0 Å². The second-order valence-electron chi connectivity index (χ2n) is 5.42. The van der Waals surface area contributed by atoms with E-state index in [9.17, 15) is 0 Å². The summed E-state index contributed by atoms with van der Waals surface area (Å²) in [6.45, 7) is 12.4. The standard InChI is InChI=1S/C14H30N4O.HI/c1-6-11(2)17-14(15-5)16-9-12(3)18-7-8-19-10-13(18)4;/h11-13H,6-10H2,1-5H3,(H2,15,16,17);1H. The second-order valence-corrected chi connectivity index (χ2v) is 5.42. The minimum atomic E-state index is 0. The number of hydrogen-bond acceptors (Lipinski definition) is 3. The first kappa shape index (κ1) is 19.9. The first-order chi connectivity index (χ1) is 9.08. The van der Waals surface area contributed by atoms with E-state index in [2.05, 4.69) is 48.2 Å². The van der Waals surface area contributed by atoms with Crippen LogP contribution in [0.1, 0.15) is 34.1 Å². The topological polar surface area (TPSA) is 48.9 Å². The minimum Gasteiger partial charge on any atom is -0.379 e. The molecule has 0 saturated carbocycles. The number of aliphatic imine (C=N–C) groups is 1. The van der Waals surface area contributed by atoms with Crippen molar-refractivity contribution in [2.45, 2.75) is 52.2 Å². The molecule has 0 aromatic heterocycles. The molecule has 1 fully saturated rings. The summed E-state index contributed by atoms with van der Waals surface area (Å²) >= 11 is 0. The lowest BCUT2D eigenvalue weighted by molar-refractivity contribution is -0.0174. The predicted molar refractivity (Wildman–Crippen MR) is 96.1 cm³/mol. The summed E-state index contributed by atoms with van der Waals surface area (Å²) in [5.74, 6) is 0.891. The first-order valence-electron chi connectivity index (χ1n) is 7.39. The Balaban J connectivity index is 0.00000361. The molecule has 1 aliphatic heterocycles. The van der Waals surface area contributed by atoms with E-state index >= 15 is 0 Å². The number of nitrogens with zero attached hydrogens (tertiary/aromatic N) is 2. The van der Waals surface area contributed by atoms with Crippen LogP contribution in [0.3, 0.4) is 0 Å². The summed E-state index contributed by atoms with van der Waals surface area (Å²) in [7, 11) is 1.82. The van der Waals surface area contributed by atoms with Gasteiger partial charge in [0, 0.05) is 38.3 Å². The Labute approximate surface area is 140 Å². The fourth-order valence-electron chi connectivity index (χ4n) is 2.29. The molecule has 3 unspecified atom stereocenters. The van der Waals surface area contributed by atoms with E-state index in [0.29, 0.717) is 18.1 Å². The van der Waals surface area contributed by atoms with Gasteiger partial charge in [0.25, 0.3) is 0 Å². The monoisotopic (exact) mass is 398 g/mol. The van der Waals surface area contributed by atoms with E-state index in [-0.39, 0.29) is 24.0 Å². The van der Waals surface area contributed by atoms with E-state index in [4.69, 9.17) is 4.74 Å². The second kappa shape index (κ2) is 10.6. The van der Waals surface area contributed by atoms with Gasteiger partial charge in [0.1, 0.15) is 0 Å². The Kier molecular flexibility index (Phi) is 10.6. The molecule has 20 heavy (non-hydrogen) atoms. The molecule has 1 saturated heterocycles. The molecule has 2 N–H and O–H groups in total. The molecule has 1 heterocycles. The smallest absolute Gasteiger partial charge is 0.191 e. The summed E-state index contributed by atoms with van der Waals surface area (Å²) in [6.07, 6.45) is 1.09. The zero-order valence-corrected chi connectivity index (χ0v) is 15.8. The Morgan fingerprint density at radius 2 is 2.15 bits per heavy atom. The van der Waals surface area contributed by atoms with Crippen molar-refractivity contribution in [3.8, 4) is 0 Å². The maximum Gasteiger partial charge on any atom is 0.191 e. The van der Waals surface area contributed by atoms with Gasteiger partial charge < -0.3 is 15.4 Å². The van der Waals surface area contributed by atoms with Crippen LogP contribution in [0.25, 0.3) is 0 Å². The van der Waals surface area contributed by atoms with Gasteiger partial charge in [-0.1, -0.05) is 6.92 Å². The van der Waals surface area contributed by atoms with E-state index < -0.39 is 0 Å². The van der Waals surface area contributed by atoms with Gasteiger partial charge in [-0.3, -0.25) is 9.89 Å². The molecule has 1 rings (SSSR count). The average molecular weight is 398 g/mol. The van der Waals surface area contributed by atoms with Crippen molar-refractivity contribution in [3.05, 3.63) is 0 Å². The Hall–Kier alpha value is -0.0800. The molecule has 1 aliphatic rings. The van der Waals surface area contributed by atoms with Crippen LogP contribution in [0, 0.1) is 0 Å². The molecule has 0 aliphatic carbocycles. The SMILES string of the molecule is CCC(C)NC(=NC)NCC(C)N1CCOCC1C.I. The predicted octanol–water partition coefficient (Wildman–Crippen LogP) is 1.68. The molecule has 0 spiro atoms. The summed E-state index contributed by atoms with van der Waals surface area (Å²) in [5, 5.41) is 6.79. The molecule has 0 aromatic rings. The molecule has 0 amide bonds. The minimum absolute atomic E-state index is 0. The van der Waals surface area contributed by atoms with Gasteiger partial charge in [-0.2, -0.15) is 0 Å². The van der Waals surface area contributed by atoms with Gasteiger partial charge >= 0.3 is 0 Å². The fraction of sp³-hybridized carbons (Fsp3) is 0.929. The van der Waals surface area contributed by atoms with Crippen molar-refractivity contribution in [2.24, 2.45) is 4.99 Å². The largest absolute Gasteiger partial charge is 0.379 e. The van der Waals surface area contributed by atoms with Gasteiger partial charge in [0.2, 0.25) is 0 Å². The normalized spacial score (nSPS) is 23.6. The first-order valence-corrected chi connectivity index (χ1v) is 7.39. The van der Waals surface area contributed by atoms with E-state index in [1.54, 1.807) is 0 Å². The van der Waals surface area contributed by atoms with Gasteiger partial charge in [0.15, 0.2) is 5.96 Å². The number of nitrogens with one attached hydrogen (secondary N) is 2. The summed E-state index contributed by atoms with van der Waals surface area (Å²) < 4.78 is 5.48. The molecule has 0 bridgehead atoms. The van der Waals surface area contributed by atoms with Crippen molar-refractivity contribution < 1.29 is 4.74 Å². The molecule has 120 valence electrons. The zero-order chi connectivity index (χ0) is 14.3. The van der Waals surface area contributed by atoms with Crippen molar-refractivity contribution >= 4 is 29.9 Å². The van der Waals surface area contributed by atoms with Crippen LogP contribution >= 0.6 is 24.0 Å². The van der Waals surface area contributed by atoms with Crippen molar-refractivity contribution in [1.29, 1.82) is 0 Å². The quantitative estimate of drug-likeness (QED) is 0.420. The van der Waals surface area contributed by atoms with Gasteiger partial charge in [0.05, 0.1) is 13.2 Å². The van der Waals surface area contributed by atoms with Crippen LogP contribution in [-0.4, -0.2) is 62.3 Å². The molecular formula is C14H31IN4O. The van der Waals surface area contributed by atoms with Crippen LogP contribution in [0.5, 0.6) is 0 Å². The number of hydrogen-bond donors (Lipinski definition) is 2. The van der Waals surface area contributed by atoms with Crippen LogP contribution in [0.15, 0.2) is 4.99 Å². The highest BCUT2D eigenvalue weighted by Crippen LogP contribution is 2.09. The van der Waals surface area contributed by atoms with Crippen molar-refractivity contribution in [1.82, 2.24) is 15.5 Å². The number of morpholine rings is 1. The summed E-state index contributed by atoms with van der Waals surface area (Å²) in [6, 6.07) is 1.42. The number of guanidine groups is 1. The third-order valence-electron chi connectivity index (χ3n) is 3.77. The van der Waals surface area contributed by atoms with Crippen molar-refractivity contribution in [3.63, 3.8) is 0 Å². The summed E-state index contributed by atoms with van der Waals surface area (Å²) in [5.41, 5.74) is 0. The van der Waals surface area contributed by atoms with Crippen LogP contribution in [0.4, 0.5) is 0 Å². The highest BCUT2D eigenvalue weighted by molar-refractivity contribution is 14.0. The lowest BCUT2D eigenvalue weighted by Gasteiger charge is -2.38. The van der Waals surface area contributed by atoms with Gasteiger partial charge in [-0.05, 0) is 27.2 Å². The van der Waals surface area contributed by atoms with Crippen molar-refractivity contribution in [2.75, 3.05) is 33.4 Å². The number of halogens is 1. The lowest BCUT2D eigenvalue weighted by Crippen LogP contribution is -2.53. The van der Waals surface area contributed by atoms with E-state index in [1.807, 2.05) is 7.05 Å². The van der Waals surface area contributed by atoms with Crippen LogP contribution < -0.4 is 10.6 Å². The Morgan fingerprint density at radius 1 is 1.45 bits per heavy atom. The van der Waals surface area contributed by atoms with E-state index in [1.165, 1.54) is 0 Å². The van der Waals surface area contributed by atoms with Crippen LogP contribution in [-0.2, 0) is 4.74 Å². The number of ether oxygens (including phenoxy) is 1. The third kappa shape index (κ3) is 6.58. The highest BCUT2D eigenvalue weighted by Gasteiger charge is 2.23.